The van der Waals surface area contributed by atoms with E-state index in [9.17, 15) is 5.11 Å². The lowest BCUT2D eigenvalue weighted by atomic mass is 10.2. The Kier molecular flexibility index (Phi) is 8.82. The number of hydrogen-bond acceptors (Lipinski definition) is 5. The van der Waals surface area contributed by atoms with E-state index in [-0.39, 0.29) is 0 Å². The van der Waals surface area contributed by atoms with Crippen LogP contribution in [-0.4, -0.2) is 45.2 Å². The van der Waals surface area contributed by atoms with Gasteiger partial charge in [-0.1, -0.05) is 19.4 Å². The highest BCUT2D eigenvalue weighted by atomic mass is 16.5. The van der Waals surface area contributed by atoms with Crippen LogP contribution in [0.25, 0.3) is 0 Å². The largest absolute Gasteiger partial charge is 0.497 e. The molecule has 0 bridgehead atoms. The predicted molar refractivity (Wildman–Crippen MR) is 83.0 cm³/mol. The third kappa shape index (κ3) is 6.80. The van der Waals surface area contributed by atoms with Crippen LogP contribution in [0.5, 0.6) is 11.5 Å². The zero-order valence-corrected chi connectivity index (χ0v) is 13.2. The van der Waals surface area contributed by atoms with Crippen LogP contribution in [0.15, 0.2) is 18.2 Å². The summed E-state index contributed by atoms with van der Waals surface area (Å²) in [4.78, 5) is 0. The molecular weight excluding hydrogens is 270 g/mol. The molecule has 1 aromatic carbocycles. The third-order valence-electron chi connectivity index (χ3n) is 3.14. The normalized spacial score (nSPS) is 12.2. The molecule has 0 radical (unpaired) electrons. The van der Waals surface area contributed by atoms with Gasteiger partial charge in [0.25, 0.3) is 0 Å². The summed E-state index contributed by atoms with van der Waals surface area (Å²) >= 11 is 0. The lowest BCUT2D eigenvalue weighted by Crippen LogP contribution is -2.30. The molecule has 0 aromatic heterocycles. The molecule has 5 nitrogen and oxygen atoms in total. The van der Waals surface area contributed by atoms with E-state index in [0.717, 1.165) is 29.9 Å². The van der Waals surface area contributed by atoms with Gasteiger partial charge in [-0.25, -0.2) is 0 Å². The maximum absolute atomic E-state index is 9.80. The summed E-state index contributed by atoms with van der Waals surface area (Å²) in [5.74, 6) is 1.54. The molecule has 1 aromatic rings. The van der Waals surface area contributed by atoms with Gasteiger partial charge in [-0.05, 0) is 12.5 Å². The van der Waals surface area contributed by atoms with E-state index in [1.54, 1.807) is 14.2 Å². The molecule has 0 aliphatic carbocycles. The van der Waals surface area contributed by atoms with E-state index < -0.39 is 6.10 Å². The van der Waals surface area contributed by atoms with E-state index in [2.05, 4.69) is 12.2 Å². The zero-order valence-electron chi connectivity index (χ0n) is 13.2. The Hall–Kier alpha value is -1.30. The van der Waals surface area contributed by atoms with E-state index in [1.807, 2.05) is 18.2 Å². The number of ether oxygens (including phenoxy) is 3. The average Bonchev–Trinajstić information content (AvgIpc) is 2.51. The Morgan fingerprint density at radius 2 is 2.05 bits per heavy atom. The molecule has 1 unspecified atom stereocenters. The molecule has 0 aliphatic heterocycles. The van der Waals surface area contributed by atoms with Crippen molar-refractivity contribution in [2.75, 3.05) is 34.0 Å². The molecule has 5 heteroatoms. The first kappa shape index (κ1) is 17.8. The van der Waals surface area contributed by atoms with Crippen molar-refractivity contribution >= 4 is 0 Å². The number of aliphatic hydroxyl groups is 1. The number of benzene rings is 1. The van der Waals surface area contributed by atoms with Crippen LogP contribution in [0, 0.1) is 0 Å². The lowest BCUT2D eigenvalue weighted by Gasteiger charge is -2.14. The average molecular weight is 297 g/mol. The fraction of sp³-hybridized carbons (Fsp3) is 0.625. The molecule has 0 saturated heterocycles. The van der Waals surface area contributed by atoms with Gasteiger partial charge in [-0.3, -0.25) is 0 Å². The van der Waals surface area contributed by atoms with Crippen LogP contribution < -0.4 is 14.8 Å². The number of rotatable bonds is 11. The maximum Gasteiger partial charge on any atom is 0.127 e. The van der Waals surface area contributed by atoms with Crippen molar-refractivity contribution in [2.45, 2.75) is 32.4 Å². The molecule has 0 heterocycles. The summed E-state index contributed by atoms with van der Waals surface area (Å²) in [5.41, 5.74) is 1.03. The molecule has 0 fully saturated rings. The van der Waals surface area contributed by atoms with E-state index in [0.29, 0.717) is 26.3 Å². The van der Waals surface area contributed by atoms with Crippen molar-refractivity contribution in [3.05, 3.63) is 23.8 Å². The van der Waals surface area contributed by atoms with E-state index >= 15 is 0 Å². The van der Waals surface area contributed by atoms with Crippen LogP contribution in [-0.2, 0) is 11.3 Å². The summed E-state index contributed by atoms with van der Waals surface area (Å²) in [6.07, 6.45) is 1.64. The minimum atomic E-state index is -0.494. The highest BCUT2D eigenvalue weighted by molar-refractivity contribution is 5.40. The Bertz CT molecular complexity index is 398. The Morgan fingerprint density at radius 3 is 2.71 bits per heavy atom. The second kappa shape index (κ2) is 10.4. The first-order valence-electron chi connectivity index (χ1n) is 7.38. The van der Waals surface area contributed by atoms with Crippen LogP contribution in [0.2, 0.25) is 0 Å². The van der Waals surface area contributed by atoms with Crippen molar-refractivity contribution in [1.29, 1.82) is 0 Å². The van der Waals surface area contributed by atoms with Gasteiger partial charge < -0.3 is 24.6 Å². The van der Waals surface area contributed by atoms with Gasteiger partial charge >= 0.3 is 0 Å². The van der Waals surface area contributed by atoms with Crippen LogP contribution in [0.3, 0.4) is 0 Å². The molecule has 0 saturated carbocycles. The number of unbranched alkanes of at least 4 members (excludes halogenated alkanes) is 1. The van der Waals surface area contributed by atoms with Gasteiger partial charge in [0.15, 0.2) is 0 Å². The molecule has 0 spiro atoms. The minimum Gasteiger partial charge on any atom is -0.497 e. The molecule has 0 amide bonds. The molecule has 21 heavy (non-hydrogen) atoms. The zero-order chi connectivity index (χ0) is 15.5. The lowest BCUT2D eigenvalue weighted by molar-refractivity contribution is 0.0358. The molecular formula is C16H27NO4. The fourth-order valence-electron chi connectivity index (χ4n) is 1.90. The molecule has 1 atom stereocenters. The first-order chi connectivity index (χ1) is 10.2. The van der Waals surface area contributed by atoms with E-state index in [1.165, 1.54) is 0 Å². The van der Waals surface area contributed by atoms with Gasteiger partial charge in [0.1, 0.15) is 11.5 Å². The smallest absolute Gasteiger partial charge is 0.127 e. The second-order valence-electron chi connectivity index (χ2n) is 4.89. The summed E-state index contributed by atoms with van der Waals surface area (Å²) in [6, 6.07) is 5.69. The van der Waals surface area contributed by atoms with Crippen molar-refractivity contribution in [2.24, 2.45) is 0 Å². The Labute approximate surface area is 127 Å². The first-order valence-corrected chi connectivity index (χ1v) is 7.38. The van der Waals surface area contributed by atoms with Crippen molar-refractivity contribution in [1.82, 2.24) is 5.32 Å². The summed E-state index contributed by atoms with van der Waals surface area (Å²) in [7, 11) is 3.26. The number of methoxy groups -OCH3 is 2. The van der Waals surface area contributed by atoms with Gasteiger partial charge in [0.05, 0.1) is 26.9 Å². The number of nitrogens with one attached hydrogen (secondary N) is 1. The molecule has 1 rings (SSSR count). The van der Waals surface area contributed by atoms with Gasteiger partial charge in [-0.15, -0.1) is 0 Å². The summed E-state index contributed by atoms with van der Waals surface area (Å²) < 4.78 is 15.9. The second-order valence-corrected chi connectivity index (χ2v) is 4.89. The quantitative estimate of drug-likeness (QED) is 0.612. The fourth-order valence-corrected chi connectivity index (χ4v) is 1.90. The van der Waals surface area contributed by atoms with Gasteiger partial charge in [-0.2, -0.15) is 0 Å². The Morgan fingerprint density at radius 1 is 1.24 bits per heavy atom. The van der Waals surface area contributed by atoms with Gasteiger partial charge in [0.2, 0.25) is 0 Å². The van der Waals surface area contributed by atoms with Crippen LogP contribution >= 0.6 is 0 Å². The van der Waals surface area contributed by atoms with Gasteiger partial charge in [0, 0.05) is 31.3 Å². The minimum absolute atomic E-state index is 0.368. The maximum atomic E-state index is 9.80. The SMILES string of the molecule is CCCCOCC(O)CNCc1ccc(OC)cc1OC. The number of hydrogen-bond donors (Lipinski definition) is 2. The summed E-state index contributed by atoms with van der Waals surface area (Å²) in [6.45, 7) is 4.30. The third-order valence-corrected chi connectivity index (χ3v) is 3.14. The van der Waals surface area contributed by atoms with Crippen LogP contribution in [0.4, 0.5) is 0 Å². The van der Waals surface area contributed by atoms with Crippen molar-refractivity contribution < 1.29 is 19.3 Å². The van der Waals surface area contributed by atoms with Crippen LogP contribution in [0.1, 0.15) is 25.3 Å². The molecule has 2 N–H and O–H groups in total. The molecule has 120 valence electrons. The van der Waals surface area contributed by atoms with Crippen molar-refractivity contribution in [3.8, 4) is 11.5 Å². The monoisotopic (exact) mass is 297 g/mol. The highest BCUT2D eigenvalue weighted by Crippen LogP contribution is 2.24. The molecule has 0 aliphatic rings. The predicted octanol–water partition coefficient (Wildman–Crippen LogP) is 1.97. The topological polar surface area (TPSA) is 60.0 Å². The number of aliphatic hydroxyl groups excluding tert-OH is 1. The Balaban J connectivity index is 2.31. The standard InChI is InChI=1S/C16H27NO4/c1-4-5-8-21-12-14(18)11-17-10-13-6-7-15(19-2)9-16(13)20-3/h6-7,9,14,17-18H,4-5,8,10-12H2,1-3H3. The summed E-state index contributed by atoms with van der Waals surface area (Å²) in [5, 5.41) is 13.0. The van der Waals surface area contributed by atoms with Crippen molar-refractivity contribution in [3.63, 3.8) is 0 Å². The highest BCUT2D eigenvalue weighted by Gasteiger charge is 2.07. The van der Waals surface area contributed by atoms with E-state index in [4.69, 9.17) is 14.2 Å².